The third-order valence-electron chi connectivity index (χ3n) is 1.00. The van der Waals surface area contributed by atoms with Crippen molar-refractivity contribution in [3.05, 3.63) is 0 Å². The molecule has 0 unspecified atom stereocenters. The standard InChI is InChI=1S/C6H14O4S/c1-3-4-5-6-9-10-11(2,7)8/h3-6H2,1-2H3. The SMILES string of the molecule is CCCCCOOS(C)(=O)=O. The van der Waals surface area contributed by atoms with E-state index in [1.165, 1.54) is 0 Å². The van der Waals surface area contributed by atoms with E-state index in [0.29, 0.717) is 6.61 Å². The summed E-state index contributed by atoms with van der Waals surface area (Å²) in [6.45, 7) is 2.39. The minimum absolute atomic E-state index is 0.334. The number of hydrogen-bond donors (Lipinski definition) is 0. The maximum Gasteiger partial charge on any atom is 0.290 e. The molecule has 4 nitrogen and oxygen atoms in total. The molecule has 0 bridgehead atoms. The predicted molar refractivity (Wildman–Crippen MR) is 41.4 cm³/mol. The zero-order valence-electron chi connectivity index (χ0n) is 6.87. The number of hydrogen-bond acceptors (Lipinski definition) is 4. The summed E-state index contributed by atoms with van der Waals surface area (Å²) in [6, 6.07) is 0. The van der Waals surface area contributed by atoms with Gasteiger partial charge in [-0.1, -0.05) is 19.8 Å². The van der Waals surface area contributed by atoms with Crippen LogP contribution in [0.1, 0.15) is 26.2 Å². The van der Waals surface area contributed by atoms with Gasteiger partial charge in [0.2, 0.25) is 0 Å². The van der Waals surface area contributed by atoms with Crippen LogP contribution in [0.3, 0.4) is 0 Å². The monoisotopic (exact) mass is 182 g/mol. The second-order valence-electron chi connectivity index (χ2n) is 2.30. The lowest BCUT2D eigenvalue weighted by molar-refractivity contribution is -0.201. The minimum Gasteiger partial charge on any atom is -0.220 e. The van der Waals surface area contributed by atoms with Gasteiger partial charge in [-0.25, -0.2) is 4.89 Å². The van der Waals surface area contributed by atoms with Crippen LogP contribution >= 0.6 is 0 Å². The molecule has 5 heteroatoms. The van der Waals surface area contributed by atoms with Crippen molar-refractivity contribution in [2.75, 3.05) is 12.9 Å². The Morgan fingerprint density at radius 1 is 1.27 bits per heavy atom. The molecular formula is C6H14O4S. The number of unbranched alkanes of at least 4 members (excludes halogenated alkanes) is 2. The fraction of sp³-hybridized carbons (Fsp3) is 1.00. The smallest absolute Gasteiger partial charge is 0.220 e. The highest BCUT2D eigenvalue weighted by atomic mass is 32.2. The van der Waals surface area contributed by atoms with Crippen molar-refractivity contribution < 1.29 is 17.6 Å². The average molecular weight is 182 g/mol. The van der Waals surface area contributed by atoms with E-state index >= 15 is 0 Å². The van der Waals surface area contributed by atoms with Gasteiger partial charge in [0.25, 0.3) is 10.1 Å². The van der Waals surface area contributed by atoms with Crippen molar-refractivity contribution in [3.63, 3.8) is 0 Å². The zero-order chi connectivity index (χ0) is 8.74. The van der Waals surface area contributed by atoms with Gasteiger partial charge < -0.3 is 0 Å². The fourth-order valence-electron chi connectivity index (χ4n) is 0.532. The highest BCUT2D eigenvalue weighted by Gasteiger charge is 2.00. The van der Waals surface area contributed by atoms with Crippen molar-refractivity contribution in [3.8, 4) is 0 Å². The molecule has 0 amide bonds. The van der Waals surface area contributed by atoms with E-state index in [1.54, 1.807) is 0 Å². The molecule has 0 fully saturated rings. The molecule has 0 aliphatic rings. The quantitative estimate of drug-likeness (QED) is 0.350. The summed E-state index contributed by atoms with van der Waals surface area (Å²) in [7, 11) is -3.43. The molecule has 0 saturated carbocycles. The first-order valence-corrected chi connectivity index (χ1v) is 5.39. The largest absolute Gasteiger partial charge is 0.290 e. The third-order valence-corrected chi connectivity index (χ3v) is 1.35. The Hall–Kier alpha value is -0.130. The van der Waals surface area contributed by atoms with Crippen LogP contribution in [0.25, 0.3) is 0 Å². The van der Waals surface area contributed by atoms with Crippen molar-refractivity contribution >= 4 is 10.1 Å². The second-order valence-corrected chi connectivity index (χ2v) is 3.85. The Morgan fingerprint density at radius 3 is 2.36 bits per heavy atom. The molecule has 0 atom stereocenters. The average Bonchev–Trinajstić information content (AvgIpc) is 1.85. The molecule has 0 heterocycles. The summed E-state index contributed by atoms with van der Waals surface area (Å²) >= 11 is 0. The van der Waals surface area contributed by atoms with Gasteiger partial charge in [-0.15, -0.1) is 4.33 Å². The van der Waals surface area contributed by atoms with Gasteiger partial charge >= 0.3 is 0 Å². The summed E-state index contributed by atoms with van der Waals surface area (Å²) in [5.41, 5.74) is 0. The number of rotatable bonds is 6. The molecule has 0 N–H and O–H groups in total. The lowest BCUT2D eigenvalue weighted by Crippen LogP contribution is -2.04. The highest BCUT2D eigenvalue weighted by molar-refractivity contribution is 7.85. The molecule has 0 aromatic rings. The van der Waals surface area contributed by atoms with E-state index in [1.807, 2.05) is 0 Å². The fourth-order valence-corrected chi connectivity index (χ4v) is 0.775. The normalized spacial score (nSPS) is 11.8. The molecule has 0 aliphatic heterocycles. The molecule has 11 heavy (non-hydrogen) atoms. The zero-order valence-corrected chi connectivity index (χ0v) is 7.69. The highest BCUT2D eigenvalue weighted by Crippen LogP contribution is 1.96. The minimum atomic E-state index is -3.43. The van der Waals surface area contributed by atoms with Gasteiger partial charge in [-0.05, 0) is 6.42 Å². The Morgan fingerprint density at radius 2 is 1.91 bits per heavy atom. The van der Waals surface area contributed by atoms with E-state index in [-0.39, 0.29) is 0 Å². The van der Waals surface area contributed by atoms with Gasteiger partial charge in [0.05, 0.1) is 12.9 Å². The van der Waals surface area contributed by atoms with E-state index in [9.17, 15) is 8.42 Å². The van der Waals surface area contributed by atoms with Gasteiger partial charge in [0.15, 0.2) is 0 Å². The lowest BCUT2D eigenvalue weighted by atomic mass is 10.3. The van der Waals surface area contributed by atoms with Gasteiger partial charge in [0.1, 0.15) is 0 Å². The van der Waals surface area contributed by atoms with E-state index in [2.05, 4.69) is 16.1 Å². The van der Waals surface area contributed by atoms with Crippen LogP contribution in [0.15, 0.2) is 0 Å². The van der Waals surface area contributed by atoms with Crippen LogP contribution in [0.2, 0.25) is 0 Å². The molecule has 0 aromatic carbocycles. The lowest BCUT2D eigenvalue weighted by Gasteiger charge is -1.99. The van der Waals surface area contributed by atoms with Crippen LogP contribution in [0, 0.1) is 0 Å². The molecule has 0 aromatic heterocycles. The molecule has 68 valence electrons. The predicted octanol–water partition coefficient (Wildman–Crippen LogP) is 1.08. The van der Waals surface area contributed by atoms with E-state index < -0.39 is 10.1 Å². The molecule has 0 aliphatic carbocycles. The Bertz CT molecular complexity index is 173. The summed E-state index contributed by atoms with van der Waals surface area (Å²) < 4.78 is 24.7. The molecule has 0 saturated heterocycles. The van der Waals surface area contributed by atoms with E-state index in [4.69, 9.17) is 0 Å². The Labute approximate surface area is 67.6 Å². The second kappa shape index (κ2) is 5.51. The van der Waals surface area contributed by atoms with Crippen molar-refractivity contribution in [2.24, 2.45) is 0 Å². The van der Waals surface area contributed by atoms with Crippen LogP contribution in [0.5, 0.6) is 0 Å². The van der Waals surface area contributed by atoms with Gasteiger partial charge in [0, 0.05) is 0 Å². The van der Waals surface area contributed by atoms with E-state index in [0.717, 1.165) is 25.5 Å². The summed E-state index contributed by atoms with van der Waals surface area (Å²) in [4.78, 5) is 4.41. The maximum absolute atomic E-state index is 10.3. The third kappa shape index (κ3) is 9.87. The van der Waals surface area contributed by atoms with Crippen molar-refractivity contribution in [1.82, 2.24) is 0 Å². The first kappa shape index (κ1) is 10.9. The Kier molecular flexibility index (Phi) is 5.45. The summed E-state index contributed by atoms with van der Waals surface area (Å²) in [6.07, 6.45) is 3.87. The molecule has 0 radical (unpaired) electrons. The molecular weight excluding hydrogens is 168 g/mol. The molecule has 0 rings (SSSR count). The van der Waals surface area contributed by atoms with Crippen LogP contribution in [-0.4, -0.2) is 21.3 Å². The summed E-state index contributed by atoms with van der Waals surface area (Å²) in [5, 5.41) is 0. The first-order valence-electron chi connectivity index (χ1n) is 3.57. The molecule has 0 spiro atoms. The van der Waals surface area contributed by atoms with Gasteiger partial charge in [-0.2, -0.15) is 8.42 Å². The summed E-state index contributed by atoms with van der Waals surface area (Å²) in [5.74, 6) is 0. The van der Waals surface area contributed by atoms with Crippen LogP contribution < -0.4 is 0 Å². The van der Waals surface area contributed by atoms with Crippen molar-refractivity contribution in [2.45, 2.75) is 26.2 Å². The van der Waals surface area contributed by atoms with Crippen LogP contribution in [-0.2, 0) is 19.3 Å². The first-order chi connectivity index (χ1) is 5.06. The van der Waals surface area contributed by atoms with Crippen molar-refractivity contribution in [1.29, 1.82) is 0 Å². The van der Waals surface area contributed by atoms with Gasteiger partial charge in [-0.3, -0.25) is 0 Å². The Balaban J connectivity index is 3.16. The van der Waals surface area contributed by atoms with Crippen LogP contribution in [0.4, 0.5) is 0 Å². The maximum atomic E-state index is 10.3. The topological polar surface area (TPSA) is 52.6 Å².